The van der Waals surface area contributed by atoms with E-state index in [-0.39, 0.29) is 12.6 Å². The summed E-state index contributed by atoms with van der Waals surface area (Å²) in [6.45, 7) is 4.39. The highest BCUT2D eigenvalue weighted by Crippen LogP contribution is 2.23. The minimum absolute atomic E-state index is 0.122. The second-order valence-electron chi connectivity index (χ2n) is 5.45. The Morgan fingerprint density at radius 3 is 2.61 bits per heavy atom. The molecule has 0 saturated carbocycles. The van der Waals surface area contributed by atoms with Crippen LogP contribution in [0, 0.1) is 0 Å². The molecular weight excluding hydrogens is 224 g/mol. The monoisotopic (exact) mass is 248 g/mol. The second kappa shape index (κ2) is 6.32. The Morgan fingerprint density at radius 1 is 1.33 bits per heavy atom. The molecule has 3 heteroatoms. The van der Waals surface area contributed by atoms with Gasteiger partial charge in [0.25, 0.3) is 0 Å². The molecule has 1 aromatic rings. The summed E-state index contributed by atoms with van der Waals surface area (Å²) in [5, 5.41) is 9.03. The van der Waals surface area contributed by atoms with Gasteiger partial charge in [-0.1, -0.05) is 24.3 Å². The van der Waals surface area contributed by atoms with Gasteiger partial charge in [0.1, 0.15) is 0 Å². The number of aliphatic hydroxyl groups excluding tert-OH is 1. The Morgan fingerprint density at radius 2 is 2.00 bits per heavy atom. The quantitative estimate of drug-likeness (QED) is 0.836. The summed E-state index contributed by atoms with van der Waals surface area (Å²) in [4.78, 5) is 2.54. The smallest absolute Gasteiger partial charge is 0.0681 e. The number of nitrogens with zero attached hydrogens (tertiary/aromatic N) is 1. The molecule has 2 rings (SSSR count). The fourth-order valence-corrected chi connectivity index (χ4v) is 2.78. The van der Waals surface area contributed by atoms with Gasteiger partial charge in [-0.05, 0) is 43.9 Å². The van der Waals surface area contributed by atoms with Crippen LogP contribution >= 0.6 is 0 Å². The van der Waals surface area contributed by atoms with E-state index in [0.717, 1.165) is 18.5 Å². The van der Waals surface area contributed by atoms with Crippen LogP contribution in [0.3, 0.4) is 0 Å². The Labute approximate surface area is 110 Å². The molecule has 1 fully saturated rings. The highest BCUT2D eigenvalue weighted by atomic mass is 16.3. The molecule has 1 aliphatic rings. The second-order valence-corrected chi connectivity index (χ2v) is 5.45. The Balaban J connectivity index is 1.94. The number of rotatable bonds is 5. The highest BCUT2D eigenvalue weighted by molar-refractivity contribution is 5.22. The van der Waals surface area contributed by atoms with Crippen LogP contribution in [-0.4, -0.2) is 28.6 Å². The molecule has 18 heavy (non-hydrogen) atoms. The van der Waals surface area contributed by atoms with Gasteiger partial charge in [0.15, 0.2) is 0 Å². The van der Waals surface area contributed by atoms with E-state index in [9.17, 15) is 0 Å². The molecule has 1 aliphatic heterocycles. The molecule has 0 aromatic heterocycles. The first-order chi connectivity index (χ1) is 8.69. The molecule has 0 bridgehead atoms. The van der Waals surface area contributed by atoms with Gasteiger partial charge < -0.3 is 10.8 Å². The number of benzene rings is 1. The first-order valence-electron chi connectivity index (χ1n) is 6.87. The van der Waals surface area contributed by atoms with E-state index >= 15 is 0 Å². The minimum atomic E-state index is 0.122. The lowest BCUT2D eigenvalue weighted by molar-refractivity contribution is 0.227. The fraction of sp³-hybridized carbons (Fsp3) is 0.600. The third-order valence-electron chi connectivity index (χ3n) is 3.73. The van der Waals surface area contributed by atoms with Gasteiger partial charge in [-0.2, -0.15) is 0 Å². The number of hydrogen-bond donors (Lipinski definition) is 2. The maximum atomic E-state index is 9.03. The van der Waals surface area contributed by atoms with Gasteiger partial charge in [0.05, 0.1) is 6.61 Å². The molecule has 2 atom stereocenters. The Bertz CT molecular complexity index is 361. The summed E-state index contributed by atoms with van der Waals surface area (Å²) < 4.78 is 0. The maximum absolute atomic E-state index is 9.03. The number of likely N-dealkylation sites (tertiary alicyclic amines) is 1. The average molecular weight is 248 g/mol. The molecular formula is C15H24N2O. The van der Waals surface area contributed by atoms with E-state index in [2.05, 4.69) is 24.0 Å². The Kier molecular flexibility index (Phi) is 4.75. The fourth-order valence-electron chi connectivity index (χ4n) is 2.78. The van der Waals surface area contributed by atoms with Crippen molar-refractivity contribution in [3.63, 3.8) is 0 Å². The number of aliphatic hydroxyl groups is 1. The molecule has 1 aromatic carbocycles. The zero-order valence-electron chi connectivity index (χ0n) is 11.2. The molecule has 3 nitrogen and oxygen atoms in total. The van der Waals surface area contributed by atoms with Crippen molar-refractivity contribution in [1.82, 2.24) is 4.90 Å². The van der Waals surface area contributed by atoms with Crippen LogP contribution in [0.25, 0.3) is 0 Å². The normalized spacial score (nSPS) is 22.3. The number of hydrogen-bond acceptors (Lipinski definition) is 3. The van der Waals surface area contributed by atoms with Crippen LogP contribution in [0.5, 0.6) is 0 Å². The average Bonchev–Trinajstić information content (AvgIpc) is 2.77. The van der Waals surface area contributed by atoms with Crippen LogP contribution in [0.1, 0.15) is 37.3 Å². The van der Waals surface area contributed by atoms with Crippen molar-refractivity contribution >= 4 is 0 Å². The van der Waals surface area contributed by atoms with E-state index in [4.69, 9.17) is 10.8 Å². The van der Waals surface area contributed by atoms with Gasteiger partial charge in [-0.3, -0.25) is 4.90 Å². The van der Waals surface area contributed by atoms with Crippen LogP contribution in [-0.2, 0) is 13.2 Å². The third kappa shape index (κ3) is 3.55. The first kappa shape index (κ1) is 13.5. The molecule has 1 saturated heterocycles. The zero-order valence-corrected chi connectivity index (χ0v) is 11.2. The van der Waals surface area contributed by atoms with Gasteiger partial charge >= 0.3 is 0 Å². The van der Waals surface area contributed by atoms with E-state index in [1.165, 1.54) is 24.9 Å². The van der Waals surface area contributed by atoms with Crippen LogP contribution in [0.2, 0.25) is 0 Å². The highest BCUT2D eigenvalue weighted by Gasteiger charge is 2.24. The molecule has 0 radical (unpaired) electrons. The van der Waals surface area contributed by atoms with Crippen molar-refractivity contribution in [2.24, 2.45) is 5.73 Å². The van der Waals surface area contributed by atoms with Gasteiger partial charge in [-0.15, -0.1) is 0 Å². The lowest BCUT2D eigenvalue weighted by atomic mass is 10.1. The standard InChI is InChI=1S/C15H24N2O/c1-12(16)9-15-3-2-8-17(15)10-13-4-6-14(11-18)7-5-13/h4-7,12,15,18H,2-3,8-11,16H2,1H3. The summed E-state index contributed by atoms with van der Waals surface area (Å²) >= 11 is 0. The SMILES string of the molecule is CC(N)CC1CCCN1Cc1ccc(CO)cc1. The van der Waals surface area contributed by atoms with E-state index in [1.807, 2.05) is 12.1 Å². The molecule has 100 valence electrons. The van der Waals surface area contributed by atoms with Gasteiger partial charge in [0.2, 0.25) is 0 Å². The summed E-state index contributed by atoms with van der Waals surface area (Å²) in [7, 11) is 0. The summed E-state index contributed by atoms with van der Waals surface area (Å²) in [6.07, 6.45) is 3.65. The van der Waals surface area contributed by atoms with Gasteiger partial charge in [0, 0.05) is 18.6 Å². The van der Waals surface area contributed by atoms with Crippen molar-refractivity contribution < 1.29 is 5.11 Å². The maximum Gasteiger partial charge on any atom is 0.0681 e. The molecule has 2 unspecified atom stereocenters. The summed E-state index contributed by atoms with van der Waals surface area (Å²) in [6, 6.07) is 9.17. The third-order valence-corrected chi connectivity index (χ3v) is 3.73. The van der Waals surface area contributed by atoms with Crippen molar-refractivity contribution in [3.05, 3.63) is 35.4 Å². The van der Waals surface area contributed by atoms with E-state index in [0.29, 0.717) is 6.04 Å². The van der Waals surface area contributed by atoms with Crippen LogP contribution < -0.4 is 5.73 Å². The van der Waals surface area contributed by atoms with E-state index in [1.54, 1.807) is 0 Å². The Hall–Kier alpha value is -0.900. The predicted molar refractivity (Wildman–Crippen MR) is 74.1 cm³/mol. The van der Waals surface area contributed by atoms with Crippen molar-refractivity contribution in [2.75, 3.05) is 6.54 Å². The molecule has 0 aliphatic carbocycles. The van der Waals surface area contributed by atoms with E-state index < -0.39 is 0 Å². The lowest BCUT2D eigenvalue weighted by Gasteiger charge is -2.25. The van der Waals surface area contributed by atoms with Crippen LogP contribution in [0.4, 0.5) is 0 Å². The summed E-state index contributed by atoms with van der Waals surface area (Å²) in [5.41, 5.74) is 8.21. The van der Waals surface area contributed by atoms with Gasteiger partial charge in [-0.25, -0.2) is 0 Å². The minimum Gasteiger partial charge on any atom is -0.392 e. The topological polar surface area (TPSA) is 49.5 Å². The molecule has 1 heterocycles. The molecule has 3 N–H and O–H groups in total. The summed E-state index contributed by atoms with van der Waals surface area (Å²) in [5.74, 6) is 0. The molecule has 0 amide bonds. The van der Waals surface area contributed by atoms with Crippen molar-refractivity contribution in [2.45, 2.75) is 51.4 Å². The van der Waals surface area contributed by atoms with Crippen molar-refractivity contribution in [3.8, 4) is 0 Å². The lowest BCUT2D eigenvalue weighted by Crippen LogP contribution is -2.33. The largest absolute Gasteiger partial charge is 0.392 e. The molecule has 0 spiro atoms. The predicted octanol–water partition coefficient (Wildman–Crippen LogP) is 1.88. The van der Waals surface area contributed by atoms with Crippen LogP contribution in [0.15, 0.2) is 24.3 Å². The zero-order chi connectivity index (χ0) is 13.0. The first-order valence-corrected chi connectivity index (χ1v) is 6.87. The van der Waals surface area contributed by atoms with Crippen molar-refractivity contribution in [1.29, 1.82) is 0 Å². The number of nitrogens with two attached hydrogens (primary N) is 1.